The van der Waals surface area contributed by atoms with Crippen LogP contribution < -0.4 is 5.32 Å². The van der Waals surface area contributed by atoms with E-state index < -0.39 is 0 Å². The Labute approximate surface area is 157 Å². The van der Waals surface area contributed by atoms with E-state index in [0.717, 1.165) is 32.1 Å². The van der Waals surface area contributed by atoms with Crippen molar-refractivity contribution in [2.24, 2.45) is 4.99 Å². The van der Waals surface area contributed by atoms with Crippen LogP contribution in [0.15, 0.2) is 29.3 Å². The SMILES string of the molecule is CN=C(NCc1ccc(CN2CCCC2)cc1)N1CCSC(C)(C)C1. The van der Waals surface area contributed by atoms with E-state index in [1.807, 2.05) is 7.05 Å². The molecule has 1 N–H and O–H groups in total. The Bertz CT molecular complexity index is 576. The van der Waals surface area contributed by atoms with Crippen LogP contribution in [0.2, 0.25) is 0 Å². The second-order valence-electron chi connectivity index (χ2n) is 7.73. The fourth-order valence-electron chi connectivity index (χ4n) is 3.67. The minimum Gasteiger partial charge on any atom is -0.352 e. The predicted octanol–water partition coefficient (Wildman–Crippen LogP) is 3.19. The van der Waals surface area contributed by atoms with E-state index in [-0.39, 0.29) is 0 Å². The Hall–Kier alpha value is -1.20. The third-order valence-electron chi connectivity index (χ3n) is 5.02. The normalized spacial score (nSPS) is 21.6. The molecule has 0 unspecified atom stereocenters. The van der Waals surface area contributed by atoms with Crippen LogP contribution in [-0.4, -0.2) is 59.5 Å². The van der Waals surface area contributed by atoms with Crippen LogP contribution >= 0.6 is 11.8 Å². The van der Waals surface area contributed by atoms with Crippen LogP contribution in [-0.2, 0) is 13.1 Å². The highest BCUT2D eigenvalue weighted by Gasteiger charge is 2.28. The molecule has 1 aromatic rings. The molecule has 0 amide bonds. The van der Waals surface area contributed by atoms with Crippen molar-refractivity contribution in [3.63, 3.8) is 0 Å². The van der Waals surface area contributed by atoms with Crippen LogP contribution in [0.5, 0.6) is 0 Å². The molecular weight excluding hydrogens is 328 g/mol. The van der Waals surface area contributed by atoms with Gasteiger partial charge in [-0.2, -0.15) is 11.8 Å². The van der Waals surface area contributed by atoms with Crippen LogP contribution in [0.25, 0.3) is 0 Å². The van der Waals surface area contributed by atoms with Gasteiger partial charge in [0.1, 0.15) is 0 Å². The summed E-state index contributed by atoms with van der Waals surface area (Å²) in [5.41, 5.74) is 2.74. The molecule has 0 aliphatic carbocycles. The molecule has 4 nitrogen and oxygen atoms in total. The van der Waals surface area contributed by atoms with Gasteiger partial charge < -0.3 is 10.2 Å². The summed E-state index contributed by atoms with van der Waals surface area (Å²) in [5, 5.41) is 3.54. The Morgan fingerprint density at radius 3 is 2.44 bits per heavy atom. The van der Waals surface area contributed by atoms with Crippen LogP contribution in [0, 0.1) is 0 Å². The molecule has 0 saturated carbocycles. The van der Waals surface area contributed by atoms with Gasteiger partial charge in [0, 0.05) is 43.7 Å². The van der Waals surface area contributed by atoms with E-state index in [9.17, 15) is 0 Å². The first-order valence-corrected chi connectivity index (χ1v) is 10.4. The number of hydrogen-bond donors (Lipinski definition) is 1. The summed E-state index contributed by atoms with van der Waals surface area (Å²) < 4.78 is 0.299. The number of nitrogens with zero attached hydrogens (tertiary/aromatic N) is 3. The number of nitrogens with one attached hydrogen (secondary N) is 1. The fraction of sp³-hybridized carbons (Fsp3) is 0.650. The van der Waals surface area contributed by atoms with Crippen molar-refractivity contribution in [3.05, 3.63) is 35.4 Å². The van der Waals surface area contributed by atoms with E-state index in [1.165, 1.54) is 42.8 Å². The summed E-state index contributed by atoms with van der Waals surface area (Å²) in [7, 11) is 1.89. The average Bonchev–Trinajstić information content (AvgIpc) is 3.09. The molecule has 2 aliphatic heterocycles. The third kappa shape index (κ3) is 5.38. The lowest BCUT2D eigenvalue weighted by atomic mass is 10.1. The summed E-state index contributed by atoms with van der Waals surface area (Å²) in [6.45, 7) is 11.2. The maximum absolute atomic E-state index is 4.49. The lowest BCUT2D eigenvalue weighted by Crippen LogP contribution is -2.50. The van der Waals surface area contributed by atoms with Gasteiger partial charge in [-0.1, -0.05) is 24.3 Å². The summed E-state index contributed by atoms with van der Waals surface area (Å²) in [6.07, 6.45) is 2.71. The van der Waals surface area contributed by atoms with Gasteiger partial charge in [0.2, 0.25) is 0 Å². The second kappa shape index (κ2) is 8.45. The number of guanidine groups is 1. The molecule has 0 bridgehead atoms. The summed E-state index contributed by atoms with van der Waals surface area (Å²) in [5.74, 6) is 2.19. The number of rotatable bonds is 4. The summed E-state index contributed by atoms with van der Waals surface area (Å²) in [6, 6.07) is 9.06. The summed E-state index contributed by atoms with van der Waals surface area (Å²) in [4.78, 5) is 9.43. The van der Waals surface area contributed by atoms with Gasteiger partial charge in [-0.05, 0) is 50.9 Å². The number of hydrogen-bond acceptors (Lipinski definition) is 3. The molecule has 25 heavy (non-hydrogen) atoms. The van der Waals surface area contributed by atoms with Gasteiger partial charge in [-0.15, -0.1) is 0 Å². The van der Waals surface area contributed by atoms with Gasteiger partial charge in [0.25, 0.3) is 0 Å². The lowest BCUT2D eigenvalue weighted by molar-refractivity contribution is 0.331. The largest absolute Gasteiger partial charge is 0.352 e. The van der Waals surface area contributed by atoms with E-state index in [4.69, 9.17) is 0 Å². The molecule has 2 fully saturated rings. The quantitative estimate of drug-likeness (QED) is 0.660. The van der Waals surface area contributed by atoms with Crippen molar-refractivity contribution >= 4 is 17.7 Å². The number of likely N-dealkylation sites (tertiary alicyclic amines) is 1. The van der Waals surface area contributed by atoms with Gasteiger partial charge >= 0.3 is 0 Å². The Balaban J connectivity index is 1.51. The first kappa shape index (κ1) is 18.6. The van der Waals surface area contributed by atoms with E-state index in [1.54, 1.807) is 0 Å². The number of thioether (sulfide) groups is 1. The summed E-state index contributed by atoms with van der Waals surface area (Å²) >= 11 is 2.05. The Morgan fingerprint density at radius 2 is 1.80 bits per heavy atom. The van der Waals surface area contributed by atoms with E-state index >= 15 is 0 Å². The number of aliphatic imine (C=N–C) groups is 1. The molecule has 138 valence electrons. The highest BCUT2D eigenvalue weighted by atomic mass is 32.2. The van der Waals surface area contributed by atoms with Crippen LogP contribution in [0.4, 0.5) is 0 Å². The lowest BCUT2D eigenvalue weighted by Gasteiger charge is -2.39. The third-order valence-corrected chi connectivity index (χ3v) is 6.31. The molecule has 0 spiro atoms. The monoisotopic (exact) mass is 360 g/mol. The minimum absolute atomic E-state index is 0.299. The van der Waals surface area contributed by atoms with Gasteiger partial charge in [0.15, 0.2) is 5.96 Å². The van der Waals surface area contributed by atoms with Crippen molar-refractivity contribution in [1.82, 2.24) is 15.1 Å². The first-order chi connectivity index (χ1) is 12.1. The zero-order valence-corrected chi connectivity index (χ0v) is 16.7. The van der Waals surface area contributed by atoms with Gasteiger partial charge in [-0.3, -0.25) is 9.89 Å². The Kier molecular flexibility index (Phi) is 6.29. The molecular formula is C20H32N4S. The van der Waals surface area contributed by atoms with Crippen molar-refractivity contribution in [1.29, 1.82) is 0 Å². The topological polar surface area (TPSA) is 30.9 Å². The molecule has 0 radical (unpaired) electrons. The molecule has 3 rings (SSSR count). The molecule has 0 atom stereocenters. The zero-order chi connectivity index (χ0) is 17.7. The highest BCUT2D eigenvalue weighted by Crippen LogP contribution is 2.29. The first-order valence-electron chi connectivity index (χ1n) is 9.45. The molecule has 2 saturated heterocycles. The minimum atomic E-state index is 0.299. The van der Waals surface area contributed by atoms with E-state index in [0.29, 0.717) is 4.75 Å². The highest BCUT2D eigenvalue weighted by molar-refractivity contribution is 8.00. The fourth-order valence-corrected chi connectivity index (χ4v) is 4.78. The molecule has 1 aromatic carbocycles. The van der Waals surface area contributed by atoms with Crippen LogP contribution in [0.1, 0.15) is 37.8 Å². The smallest absolute Gasteiger partial charge is 0.193 e. The van der Waals surface area contributed by atoms with Crippen molar-refractivity contribution in [2.45, 2.75) is 44.5 Å². The Morgan fingerprint density at radius 1 is 1.12 bits per heavy atom. The van der Waals surface area contributed by atoms with Gasteiger partial charge in [0.05, 0.1) is 0 Å². The standard InChI is InChI=1S/C20H32N4S/c1-20(2)16-24(12-13-25-20)19(21-3)22-14-17-6-8-18(9-7-17)15-23-10-4-5-11-23/h6-9H,4-5,10-16H2,1-3H3,(H,21,22). The molecule has 2 aliphatic rings. The maximum atomic E-state index is 4.49. The zero-order valence-electron chi connectivity index (χ0n) is 15.9. The van der Waals surface area contributed by atoms with Crippen molar-refractivity contribution < 1.29 is 0 Å². The second-order valence-corrected chi connectivity index (χ2v) is 9.53. The van der Waals surface area contributed by atoms with Crippen LogP contribution in [0.3, 0.4) is 0 Å². The van der Waals surface area contributed by atoms with E-state index in [2.05, 4.69) is 70.0 Å². The average molecular weight is 361 g/mol. The molecule has 5 heteroatoms. The van der Waals surface area contributed by atoms with Crippen molar-refractivity contribution in [2.75, 3.05) is 39.0 Å². The van der Waals surface area contributed by atoms with Gasteiger partial charge in [-0.25, -0.2) is 0 Å². The maximum Gasteiger partial charge on any atom is 0.193 e. The molecule has 2 heterocycles. The molecule has 0 aromatic heterocycles. The predicted molar refractivity (Wildman–Crippen MR) is 109 cm³/mol. The number of benzene rings is 1. The van der Waals surface area contributed by atoms with Crippen molar-refractivity contribution in [3.8, 4) is 0 Å².